The molecule has 0 heterocycles. The highest BCUT2D eigenvalue weighted by molar-refractivity contribution is 5.85. The van der Waals surface area contributed by atoms with Crippen molar-refractivity contribution in [2.24, 2.45) is 0 Å². The van der Waals surface area contributed by atoms with Crippen molar-refractivity contribution in [2.45, 2.75) is 39.0 Å². The molecule has 0 radical (unpaired) electrons. The van der Waals surface area contributed by atoms with Gasteiger partial charge in [-0.25, -0.2) is 0 Å². The highest BCUT2D eigenvalue weighted by Gasteiger charge is 2.09. The number of aliphatic hydroxyl groups is 1. The third-order valence-electron chi connectivity index (χ3n) is 3.55. The summed E-state index contributed by atoms with van der Waals surface area (Å²) < 4.78 is 0. The summed E-state index contributed by atoms with van der Waals surface area (Å²) >= 11 is 0. The van der Waals surface area contributed by atoms with E-state index in [-0.39, 0.29) is 19.0 Å². The molecule has 114 valence electrons. The van der Waals surface area contributed by atoms with Crippen molar-refractivity contribution in [1.29, 1.82) is 0 Å². The van der Waals surface area contributed by atoms with Crippen LogP contribution in [0.15, 0.2) is 54.6 Å². The van der Waals surface area contributed by atoms with Gasteiger partial charge in [0.15, 0.2) is 0 Å². The third kappa shape index (κ3) is 5.50. The van der Waals surface area contributed by atoms with Crippen LogP contribution in [0.25, 0.3) is 0 Å². The van der Waals surface area contributed by atoms with E-state index < -0.39 is 0 Å². The van der Waals surface area contributed by atoms with Gasteiger partial charge >= 0.3 is 0 Å². The van der Waals surface area contributed by atoms with Gasteiger partial charge in [-0.15, -0.1) is 12.4 Å². The number of rotatable bonds is 6. The Morgan fingerprint density at radius 3 is 2.29 bits per heavy atom. The lowest BCUT2D eigenvalue weighted by Crippen LogP contribution is -2.30. The Bertz CT molecular complexity index is 530. The smallest absolute Gasteiger partial charge is 0.0681 e. The minimum absolute atomic E-state index is 0. The second-order valence-corrected chi connectivity index (χ2v) is 5.38. The van der Waals surface area contributed by atoms with Gasteiger partial charge in [-0.1, -0.05) is 54.6 Å². The zero-order valence-corrected chi connectivity index (χ0v) is 13.4. The molecule has 0 saturated carbocycles. The summed E-state index contributed by atoms with van der Waals surface area (Å²) in [6, 6.07) is 19.4. The highest BCUT2D eigenvalue weighted by Crippen LogP contribution is 2.14. The predicted octanol–water partition coefficient (Wildman–Crippen LogP) is 3.88. The van der Waals surface area contributed by atoms with Crippen molar-refractivity contribution < 1.29 is 5.11 Å². The highest BCUT2D eigenvalue weighted by atomic mass is 35.5. The fraction of sp³-hybridized carbons (Fsp3) is 0.333. The average Bonchev–Trinajstić information content (AvgIpc) is 2.48. The molecular formula is C18H24ClNO. The molecule has 0 fully saturated rings. The molecule has 2 aromatic rings. The van der Waals surface area contributed by atoms with E-state index in [0.717, 1.165) is 12.0 Å². The van der Waals surface area contributed by atoms with Crippen LogP contribution in [0.4, 0.5) is 0 Å². The van der Waals surface area contributed by atoms with E-state index >= 15 is 0 Å². The Kier molecular flexibility index (Phi) is 7.44. The molecule has 0 aromatic heterocycles. The number of nitrogens with one attached hydrogen (secondary N) is 1. The largest absolute Gasteiger partial charge is 0.392 e. The topological polar surface area (TPSA) is 32.3 Å². The summed E-state index contributed by atoms with van der Waals surface area (Å²) in [5.74, 6) is 0. The first-order valence-corrected chi connectivity index (χ1v) is 7.18. The van der Waals surface area contributed by atoms with Crippen molar-refractivity contribution in [3.05, 3.63) is 71.3 Å². The van der Waals surface area contributed by atoms with Crippen molar-refractivity contribution in [3.63, 3.8) is 0 Å². The van der Waals surface area contributed by atoms with Gasteiger partial charge < -0.3 is 10.4 Å². The SMILES string of the molecule is CC(Cc1cccc(CO)c1)NC(C)c1ccccc1.Cl. The van der Waals surface area contributed by atoms with Gasteiger partial charge in [-0.05, 0) is 37.0 Å². The fourth-order valence-corrected chi connectivity index (χ4v) is 2.53. The number of halogens is 1. The maximum atomic E-state index is 9.17. The van der Waals surface area contributed by atoms with Gasteiger partial charge in [-0.3, -0.25) is 0 Å². The monoisotopic (exact) mass is 305 g/mol. The predicted molar refractivity (Wildman–Crippen MR) is 90.8 cm³/mol. The zero-order valence-electron chi connectivity index (χ0n) is 12.6. The van der Waals surface area contributed by atoms with Gasteiger partial charge in [0.05, 0.1) is 6.61 Å². The molecule has 0 aliphatic carbocycles. The first-order chi connectivity index (χ1) is 9.69. The standard InChI is InChI=1S/C18H23NO.ClH/c1-14(11-16-7-6-8-17(12-16)13-20)19-15(2)18-9-4-3-5-10-18;/h3-10,12,14-15,19-20H,11,13H2,1-2H3;1H. The summed E-state index contributed by atoms with van der Waals surface area (Å²) in [7, 11) is 0. The summed E-state index contributed by atoms with van der Waals surface area (Å²) in [4.78, 5) is 0. The molecule has 2 unspecified atom stereocenters. The molecule has 2 atom stereocenters. The molecule has 0 aliphatic heterocycles. The second-order valence-electron chi connectivity index (χ2n) is 5.38. The molecule has 0 aliphatic rings. The van der Waals surface area contributed by atoms with E-state index in [1.54, 1.807) is 0 Å². The van der Waals surface area contributed by atoms with Gasteiger partial charge in [-0.2, -0.15) is 0 Å². The zero-order chi connectivity index (χ0) is 14.4. The molecule has 0 bridgehead atoms. The van der Waals surface area contributed by atoms with Crippen molar-refractivity contribution >= 4 is 12.4 Å². The van der Waals surface area contributed by atoms with Crippen molar-refractivity contribution in [3.8, 4) is 0 Å². The summed E-state index contributed by atoms with van der Waals surface area (Å²) in [6.45, 7) is 4.50. The van der Waals surface area contributed by atoms with Crippen LogP contribution in [-0.2, 0) is 13.0 Å². The van der Waals surface area contributed by atoms with Crippen LogP contribution in [0.2, 0.25) is 0 Å². The van der Waals surface area contributed by atoms with E-state index in [1.807, 2.05) is 18.2 Å². The van der Waals surface area contributed by atoms with E-state index in [0.29, 0.717) is 12.1 Å². The molecule has 0 amide bonds. The maximum Gasteiger partial charge on any atom is 0.0681 e. The molecule has 2 aromatic carbocycles. The average molecular weight is 306 g/mol. The maximum absolute atomic E-state index is 9.17. The van der Waals surface area contributed by atoms with Crippen LogP contribution >= 0.6 is 12.4 Å². The number of hydrogen-bond acceptors (Lipinski definition) is 2. The molecule has 2 N–H and O–H groups in total. The van der Waals surface area contributed by atoms with Crippen molar-refractivity contribution in [1.82, 2.24) is 5.32 Å². The third-order valence-corrected chi connectivity index (χ3v) is 3.55. The summed E-state index contributed by atoms with van der Waals surface area (Å²) in [5.41, 5.74) is 3.55. The fourth-order valence-electron chi connectivity index (χ4n) is 2.53. The Hall–Kier alpha value is -1.35. The van der Waals surface area contributed by atoms with Crippen LogP contribution in [-0.4, -0.2) is 11.1 Å². The van der Waals surface area contributed by atoms with Crippen molar-refractivity contribution in [2.75, 3.05) is 0 Å². The van der Waals surface area contributed by atoms with Crippen LogP contribution in [0.1, 0.15) is 36.6 Å². The Balaban J connectivity index is 0.00000220. The molecular weight excluding hydrogens is 282 g/mol. The van der Waals surface area contributed by atoms with Crippen LogP contribution in [0, 0.1) is 0 Å². The van der Waals surface area contributed by atoms with E-state index in [1.165, 1.54) is 11.1 Å². The second kappa shape index (κ2) is 8.83. The molecule has 21 heavy (non-hydrogen) atoms. The molecule has 0 saturated heterocycles. The first-order valence-electron chi connectivity index (χ1n) is 7.18. The molecule has 3 heteroatoms. The summed E-state index contributed by atoms with van der Waals surface area (Å²) in [5, 5.41) is 12.8. The molecule has 2 rings (SSSR count). The van der Waals surface area contributed by atoms with Gasteiger partial charge in [0.1, 0.15) is 0 Å². The minimum atomic E-state index is 0. The van der Waals surface area contributed by atoms with Crippen LogP contribution in [0.3, 0.4) is 0 Å². The number of aliphatic hydroxyl groups excluding tert-OH is 1. The Morgan fingerprint density at radius 1 is 0.952 bits per heavy atom. The lowest BCUT2D eigenvalue weighted by molar-refractivity contribution is 0.281. The Labute approximate surface area is 133 Å². The Morgan fingerprint density at radius 2 is 1.62 bits per heavy atom. The number of hydrogen-bond donors (Lipinski definition) is 2. The lowest BCUT2D eigenvalue weighted by atomic mass is 10.0. The minimum Gasteiger partial charge on any atom is -0.392 e. The molecule has 0 spiro atoms. The first kappa shape index (κ1) is 17.7. The van der Waals surface area contributed by atoms with Gasteiger partial charge in [0.2, 0.25) is 0 Å². The van der Waals surface area contributed by atoms with Crippen LogP contribution < -0.4 is 5.32 Å². The van der Waals surface area contributed by atoms with Gasteiger partial charge in [0, 0.05) is 12.1 Å². The van der Waals surface area contributed by atoms with E-state index in [2.05, 4.69) is 55.6 Å². The number of benzene rings is 2. The van der Waals surface area contributed by atoms with Gasteiger partial charge in [0.25, 0.3) is 0 Å². The molecule has 2 nitrogen and oxygen atoms in total. The summed E-state index contributed by atoms with van der Waals surface area (Å²) in [6.07, 6.45) is 0.963. The van der Waals surface area contributed by atoms with Crippen LogP contribution in [0.5, 0.6) is 0 Å². The normalized spacial score (nSPS) is 13.3. The quantitative estimate of drug-likeness (QED) is 0.849. The van der Waals surface area contributed by atoms with E-state index in [4.69, 9.17) is 0 Å². The van der Waals surface area contributed by atoms with E-state index in [9.17, 15) is 5.11 Å². The lowest BCUT2D eigenvalue weighted by Gasteiger charge is -2.20.